The van der Waals surface area contributed by atoms with E-state index in [9.17, 15) is 9.90 Å². The summed E-state index contributed by atoms with van der Waals surface area (Å²) in [6.07, 6.45) is 0.811. The summed E-state index contributed by atoms with van der Waals surface area (Å²) in [5.74, 6) is 0.495. The van der Waals surface area contributed by atoms with Crippen LogP contribution in [-0.4, -0.2) is 41.4 Å². The predicted molar refractivity (Wildman–Crippen MR) is 55.4 cm³/mol. The first-order valence-electron chi connectivity index (χ1n) is 5.45. The summed E-state index contributed by atoms with van der Waals surface area (Å²) in [5, 5.41) is 9.22. The Balaban J connectivity index is 1.90. The maximum absolute atomic E-state index is 11.7. The Hall–Kier alpha value is -0.770. The van der Waals surface area contributed by atoms with E-state index in [2.05, 4.69) is 0 Å². The molecular formula is C11H19NO3. The fourth-order valence-electron chi connectivity index (χ4n) is 2.30. The van der Waals surface area contributed by atoms with Crippen LogP contribution < -0.4 is 0 Å². The number of amides is 1. The van der Waals surface area contributed by atoms with E-state index in [1.807, 2.05) is 20.8 Å². The molecule has 1 heterocycles. The van der Waals surface area contributed by atoms with Gasteiger partial charge in [-0.1, -0.05) is 0 Å². The molecule has 1 aliphatic heterocycles. The fraction of sp³-hybridized carbons (Fsp3) is 0.909. The number of fused-ring (bicyclic) bond motifs is 1. The maximum Gasteiger partial charge on any atom is 0.410 e. The van der Waals surface area contributed by atoms with Gasteiger partial charge in [0.25, 0.3) is 0 Å². The number of piperidine rings is 1. The first-order valence-corrected chi connectivity index (χ1v) is 5.45. The lowest BCUT2D eigenvalue weighted by atomic mass is 10.1. The molecule has 0 unspecified atom stereocenters. The molecule has 0 radical (unpaired) electrons. The van der Waals surface area contributed by atoms with Crippen molar-refractivity contribution < 1.29 is 14.6 Å². The van der Waals surface area contributed by atoms with Crippen molar-refractivity contribution in [3.8, 4) is 0 Å². The van der Waals surface area contributed by atoms with E-state index in [-0.39, 0.29) is 18.1 Å². The van der Waals surface area contributed by atoms with Gasteiger partial charge in [0, 0.05) is 18.5 Å². The summed E-state index contributed by atoms with van der Waals surface area (Å²) in [4.78, 5) is 13.4. The predicted octanol–water partition coefficient (Wildman–Crippen LogP) is 1.24. The highest BCUT2D eigenvalue weighted by Crippen LogP contribution is 2.57. The number of nitrogens with zero attached hydrogens (tertiary/aromatic N) is 1. The van der Waals surface area contributed by atoms with E-state index in [1.54, 1.807) is 4.90 Å². The molecular weight excluding hydrogens is 194 g/mol. The maximum atomic E-state index is 11.7. The second-order valence-electron chi connectivity index (χ2n) is 5.78. The molecule has 4 nitrogen and oxygen atoms in total. The molecule has 1 saturated carbocycles. The molecule has 0 aromatic rings. The summed E-state index contributed by atoms with van der Waals surface area (Å²) in [5.41, 5.74) is -0.423. The minimum Gasteiger partial charge on any atom is -0.444 e. The lowest BCUT2D eigenvalue weighted by molar-refractivity contribution is 0.0252. The third-order valence-electron chi connectivity index (χ3n) is 3.27. The van der Waals surface area contributed by atoms with Gasteiger partial charge < -0.3 is 14.7 Å². The van der Waals surface area contributed by atoms with Crippen molar-refractivity contribution in [2.75, 3.05) is 19.7 Å². The summed E-state index contributed by atoms with van der Waals surface area (Å²) < 4.78 is 5.29. The Kier molecular flexibility index (Phi) is 2.23. The lowest BCUT2D eigenvalue weighted by Gasteiger charge is -2.26. The van der Waals surface area contributed by atoms with E-state index in [4.69, 9.17) is 4.74 Å². The number of carbonyl (C=O) groups is 1. The van der Waals surface area contributed by atoms with Crippen molar-refractivity contribution >= 4 is 6.09 Å². The second kappa shape index (κ2) is 3.11. The molecule has 1 amide bonds. The number of hydrogen-bond donors (Lipinski definition) is 1. The standard InChI is InChI=1S/C11H19NO3/c1-10(2,3)15-9(14)12-5-8-4-11(8,6-12)7-13/h8,13H,4-7H2,1-3H3/t8-,11-/m0/s1. The number of likely N-dealkylation sites (tertiary alicyclic amines) is 1. The highest BCUT2D eigenvalue weighted by Gasteiger charge is 2.60. The minimum atomic E-state index is -0.434. The van der Waals surface area contributed by atoms with Gasteiger partial charge >= 0.3 is 6.09 Å². The molecule has 0 spiro atoms. The Morgan fingerprint density at radius 2 is 2.27 bits per heavy atom. The molecule has 1 N–H and O–H groups in total. The molecule has 86 valence electrons. The average Bonchev–Trinajstić information content (AvgIpc) is 2.66. The minimum absolute atomic E-state index is 0.0108. The van der Waals surface area contributed by atoms with Crippen molar-refractivity contribution in [3.63, 3.8) is 0 Å². The summed E-state index contributed by atoms with van der Waals surface area (Å²) in [6.45, 7) is 7.19. The molecule has 1 saturated heterocycles. The van der Waals surface area contributed by atoms with Crippen LogP contribution in [-0.2, 0) is 4.74 Å². The van der Waals surface area contributed by atoms with Crippen LogP contribution >= 0.6 is 0 Å². The van der Waals surface area contributed by atoms with Crippen molar-refractivity contribution in [2.24, 2.45) is 11.3 Å². The monoisotopic (exact) mass is 213 g/mol. The summed E-state index contributed by atoms with van der Waals surface area (Å²) in [6, 6.07) is 0. The van der Waals surface area contributed by atoms with Crippen LogP contribution in [0.2, 0.25) is 0 Å². The molecule has 2 aliphatic rings. The number of rotatable bonds is 1. The van der Waals surface area contributed by atoms with E-state index >= 15 is 0 Å². The van der Waals surface area contributed by atoms with Crippen LogP contribution in [0.15, 0.2) is 0 Å². The van der Waals surface area contributed by atoms with Crippen LogP contribution in [0.25, 0.3) is 0 Å². The van der Waals surface area contributed by atoms with Gasteiger partial charge in [0.05, 0.1) is 6.61 Å². The quantitative estimate of drug-likeness (QED) is 0.713. The van der Waals surface area contributed by atoms with E-state index in [1.165, 1.54) is 0 Å². The van der Waals surface area contributed by atoms with Crippen molar-refractivity contribution in [3.05, 3.63) is 0 Å². The van der Waals surface area contributed by atoms with Crippen LogP contribution in [0.1, 0.15) is 27.2 Å². The Morgan fingerprint density at radius 3 is 2.73 bits per heavy atom. The number of ether oxygens (including phenoxy) is 1. The van der Waals surface area contributed by atoms with Crippen molar-refractivity contribution in [2.45, 2.75) is 32.8 Å². The molecule has 4 heteroatoms. The summed E-state index contributed by atoms with van der Waals surface area (Å²) in [7, 11) is 0. The molecule has 2 rings (SSSR count). The zero-order valence-electron chi connectivity index (χ0n) is 9.62. The number of aliphatic hydroxyl groups is 1. The summed E-state index contributed by atoms with van der Waals surface area (Å²) >= 11 is 0. The molecule has 2 atom stereocenters. The average molecular weight is 213 g/mol. The number of hydrogen-bond acceptors (Lipinski definition) is 3. The normalized spacial score (nSPS) is 33.9. The smallest absolute Gasteiger partial charge is 0.410 e. The third-order valence-corrected chi connectivity index (χ3v) is 3.27. The van der Waals surface area contributed by atoms with Crippen LogP contribution in [0.3, 0.4) is 0 Å². The van der Waals surface area contributed by atoms with Crippen LogP contribution in [0, 0.1) is 11.3 Å². The molecule has 0 bridgehead atoms. The zero-order valence-corrected chi connectivity index (χ0v) is 9.62. The van der Waals surface area contributed by atoms with Gasteiger partial charge in [0.15, 0.2) is 0 Å². The van der Waals surface area contributed by atoms with Gasteiger partial charge in [-0.15, -0.1) is 0 Å². The van der Waals surface area contributed by atoms with Gasteiger partial charge in [-0.25, -0.2) is 4.79 Å². The van der Waals surface area contributed by atoms with E-state index in [0.29, 0.717) is 12.5 Å². The zero-order chi connectivity index (χ0) is 11.3. The largest absolute Gasteiger partial charge is 0.444 e. The van der Waals surface area contributed by atoms with Crippen LogP contribution in [0.5, 0.6) is 0 Å². The Labute approximate surface area is 90.2 Å². The fourth-order valence-corrected chi connectivity index (χ4v) is 2.30. The van der Waals surface area contributed by atoms with Gasteiger partial charge in [0.2, 0.25) is 0 Å². The Morgan fingerprint density at radius 1 is 1.60 bits per heavy atom. The molecule has 1 aliphatic carbocycles. The first-order chi connectivity index (χ1) is 6.86. The third kappa shape index (κ3) is 1.95. The SMILES string of the molecule is CC(C)(C)OC(=O)N1C[C@@H]2C[C@@]2(CO)C1. The van der Waals surface area contributed by atoms with E-state index in [0.717, 1.165) is 13.0 Å². The van der Waals surface area contributed by atoms with Gasteiger partial charge in [-0.2, -0.15) is 0 Å². The highest BCUT2D eigenvalue weighted by molar-refractivity contribution is 5.69. The lowest BCUT2D eigenvalue weighted by Crippen LogP contribution is -2.37. The van der Waals surface area contributed by atoms with Gasteiger partial charge in [-0.05, 0) is 33.1 Å². The molecule has 0 aromatic carbocycles. The second-order valence-corrected chi connectivity index (χ2v) is 5.78. The first kappa shape index (κ1) is 10.7. The molecule has 2 fully saturated rings. The number of aliphatic hydroxyl groups excluding tert-OH is 1. The van der Waals surface area contributed by atoms with Crippen molar-refractivity contribution in [1.29, 1.82) is 0 Å². The van der Waals surface area contributed by atoms with Gasteiger partial charge in [0.1, 0.15) is 5.60 Å². The van der Waals surface area contributed by atoms with Crippen LogP contribution in [0.4, 0.5) is 4.79 Å². The molecule has 0 aromatic heterocycles. The number of carbonyl (C=O) groups excluding carboxylic acids is 1. The van der Waals surface area contributed by atoms with E-state index < -0.39 is 5.60 Å². The Bertz CT molecular complexity index is 280. The highest BCUT2D eigenvalue weighted by atomic mass is 16.6. The topological polar surface area (TPSA) is 49.8 Å². The van der Waals surface area contributed by atoms with Crippen molar-refractivity contribution in [1.82, 2.24) is 4.90 Å². The molecule has 15 heavy (non-hydrogen) atoms. The van der Waals surface area contributed by atoms with Gasteiger partial charge in [-0.3, -0.25) is 0 Å².